The molecular formula is C23H26N2O3. The number of rotatable bonds is 6. The van der Waals surface area contributed by atoms with E-state index in [1.165, 1.54) is 6.42 Å². The number of hydrogen-bond donors (Lipinski definition) is 0. The van der Waals surface area contributed by atoms with Crippen molar-refractivity contribution in [3.05, 3.63) is 54.3 Å². The molecule has 1 amide bonds. The van der Waals surface area contributed by atoms with Gasteiger partial charge in [0.1, 0.15) is 5.69 Å². The van der Waals surface area contributed by atoms with Crippen LogP contribution in [0.4, 0.5) is 0 Å². The first-order valence-electron chi connectivity index (χ1n) is 10.1. The van der Waals surface area contributed by atoms with Crippen molar-refractivity contribution in [2.75, 3.05) is 19.7 Å². The van der Waals surface area contributed by atoms with E-state index < -0.39 is 0 Å². The highest BCUT2D eigenvalue weighted by Crippen LogP contribution is 2.26. The van der Waals surface area contributed by atoms with E-state index in [2.05, 4.69) is 6.92 Å². The maximum absolute atomic E-state index is 13.6. The number of carbonyl (C=O) groups excluding carboxylic acids is 1. The van der Waals surface area contributed by atoms with E-state index in [0.717, 1.165) is 36.8 Å². The summed E-state index contributed by atoms with van der Waals surface area (Å²) in [5, 5.41) is 0.869. The summed E-state index contributed by atoms with van der Waals surface area (Å²) >= 11 is 0. The Morgan fingerprint density at radius 3 is 2.86 bits per heavy atom. The molecule has 3 heterocycles. The molecule has 1 atom stereocenters. The molecule has 1 unspecified atom stereocenters. The Morgan fingerprint density at radius 2 is 2.11 bits per heavy atom. The van der Waals surface area contributed by atoms with Gasteiger partial charge in [0.2, 0.25) is 0 Å². The number of amides is 1. The number of fused-ring (bicyclic) bond motifs is 1. The van der Waals surface area contributed by atoms with E-state index in [9.17, 15) is 4.79 Å². The zero-order valence-electron chi connectivity index (χ0n) is 16.3. The van der Waals surface area contributed by atoms with Gasteiger partial charge in [-0.3, -0.25) is 4.79 Å². The minimum Gasteiger partial charge on any atom is -0.463 e. The zero-order chi connectivity index (χ0) is 19.3. The summed E-state index contributed by atoms with van der Waals surface area (Å²) in [7, 11) is 0. The van der Waals surface area contributed by atoms with Crippen LogP contribution in [0.5, 0.6) is 0 Å². The van der Waals surface area contributed by atoms with Gasteiger partial charge >= 0.3 is 0 Å². The van der Waals surface area contributed by atoms with Crippen molar-refractivity contribution < 1.29 is 13.9 Å². The molecule has 0 saturated carbocycles. The summed E-state index contributed by atoms with van der Waals surface area (Å²) in [5.41, 5.74) is 2.14. The second-order valence-electron chi connectivity index (χ2n) is 7.29. The van der Waals surface area contributed by atoms with Crippen LogP contribution in [-0.4, -0.2) is 41.6 Å². The van der Waals surface area contributed by atoms with Gasteiger partial charge in [0.25, 0.3) is 5.91 Å². The molecule has 5 heteroatoms. The Labute approximate surface area is 165 Å². The van der Waals surface area contributed by atoms with E-state index >= 15 is 0 Å². The van der Waals surface area contributed by atoms with E-state index in [4.69, 9.17) is 14.1 Å². The molecule has 1 fully saturated rings. The number of furan rings is 1. The first-order valence-corrected chi connectivity index (χ1v) is 10.1. The van der Waals surface area contributed by atoms with Gasteiger partial charge in [-0.15, -0.1) is 0 Å². The third-order valence-electron chi connectivity index (χ3n) is 5.20. The van der Waals surface area contributed by atoms with Crippen molar-refractivity contribution in [3.63, 3.8) is 0 Å². The SMILES string of the molecule is CCCN(CC1CCCCO1)C(=O)c1cc(-c2ccco2)nc2ccccc12. The van der Waals surface area contributed by atoms with Gasteiger partial charge in [0.15, 0.2) is 5.76 Å². The van der Waals surface area contributed by atoms with Crippen LogP contribution in [0.3, 0.4) is 0 Å². The lowest BCUT2D eigenvalue weighted by atomic mass is 10.0. The molecule has 0 radical (unpaired) electrons. The maximum atomic E-state index is 13.6. The molecule has 0 aliphatic carbocycles. The summed E-state index contributed by atoms with van der Waals surface area (Å²) in [6, 6.07) is 13.3. The molecule has 1 aromatic carbocycles. The Bertz CT molecular complexity index is 930. The van der Waals surface area contributed by atoms with Crippen LogP contribution in [0.2, 0.25) is 0 Å². The van der Waals surface area contributed by atoms with Gasteiger partial charge in [0.05, 0.1) is 23.4 Å². The number of hydrogen-bond acceptors (Lipinski definition) is 4. The normalized spacial score (nSPS) is 17.0. The molecule has 2 aromatic heterocycles. The number of carbonyl (C=O) groups is 1. The fourth-order valence-corrected chi connectivity index (χ4v) is 3.82. The zero-order valence-corrected chi connectivity index (χ0v) is 16.3. The predicted octanol–water partition coefficient (Wildman–Crippen LogP) is 4.92. The summed E-state index contributed by atoms with van der Waals surface area (Å²) in [6.45, 7) is 4.24. The van der Waals surface area contributed by atoms with Crippen molar-refractivity contribution in [1.29, 1.82) is 0 Å². The van der Waals surface area contributed by atoms with E-state index in [-0.39, 0.29) is 12.0 Å². The molecule has 0 N–H and O–H groups in total. The molecule has 4 rings (SSSR count). The summed E-state index contributed by atoms with van der Waals surface area (Å²) in [6.07, 6.45) is 5.95. The highest BCUT2D eigenvalue weighted by atomic mass is 16.5. The number of nitrogens with zero attached hydrogens (tertiary/aromatic N) is 2. The Morgan fingerprint density at radius 1 is 1.21 bits per heavy atom. The molecule has 1 aliphatic heterocycles. The number of para-hydroxylation sites is 1. The first-order chi connectivity index (χ1) is 13.8. The Kier molecular flexibility index (Phi) is 5.72. The smallest absolute Gasteiger partial charge is 0.254 e. The van der Waals surface area contributed by atoms with Gasteiger partial charge in [-0.1, -0.05) is 25.1 Å². The van der Waals surface area contributed by atoms with Crippen molar-refractivity contribution in [1.82, 2.24) is 9.88 Å². The molecule has 3 aromatic rings. The van der Waals surface area contributed by atoms with Gasteiger partial charge in [-0.25, -0.2) is 4.98 Å². The molecule has 5 nitrogen and oxygen atoms in total. The Balaban J connectivity index is 1.71. The first kappa shape index (κ1) is 18.7. The standard InChI is InChI=1S/C23H26N2O3/c1-2-12-25(16-17-8-5-6-13-27-17)23(26)19-15-21(22-11-7-14-28-22)24-20-10-4-3-9-18(19)20/h3-4,7,9-11,14-15,17H,2,5-6,8,12-13,16H2,1H3. The highest BCUT2D eigenvalue weighted by molar-refractivity contribution is 6.07. The van der Waals surface area contributed by atoms with Crippen molar-refractivity contribution in [2.45, 2.75) is 38.7 Å². The van der Waals surface area contributed by atoms with Crippen LogP contribution >= 0.6 is 0 Å². The molecule has 0 bridgehead atoms. The monoisotopic (exact) mass is 378 g/mol. The average molecular weight is 378 g/mol. The van der Waals surface area contributed by atoms with Crippen LogP contribution in [0.1, 0.15) is 43.0 Å². The molecule has 1 saturated heterocycles. The lowest BCUT2D eigenvalue weighted by molar-refractivity contribution is -0.00379. The number of ether oxygens (including phenoxy) is 1. The number of benzene rings is 1. The van der Waals surface area contributed by atoms with Crippen molar-refractivity contribution >= 4 is 16.8 Å². The van der Waals surface area contributed by atoms with Gasteiger partial charge in [-0.05, 0) is 49.9 Å². The highest BCUT2D eigenvalue weighted by Gasteiger charge is 2.24. The molecule has 0 spiro atoms. The second-order valence-corrected chi connectivity index (χ2v) is 7.29. The molecule has 28 heavy (non-hydrogen) atoms. The summed E-state index contributed by atoms with van der Waals surface area (Å²) < 4.78 is 11.4. The minimum atomic E-state index is 0.0300. The van der Waals surface area contributed by atoms with Gasteiger partial charge < -0.3 is 14.1 Å². The van der Waals surface area contributed by atoms with Crippen LogP contribution in [0.15, 0.2) is 53.1 Å². The number of pyridine rings is 1. The van der Waals surface area contributed by atoms with Crippen LogP contribution in [-0.2, 0) is 4.74 Å². The van der Waals surface area contributed by atoms with Gasteiger partial charge in [-0.2, -0.15) is 0 Å². The summed E-state index contributed by atoms with van der Waals surface area (Å²) in [4.78, 5) is 20.2. The second kappa shape index (κ2) is 8.57. The van der Waals surface area contributed by atoms with Crippen LogP contribution in [0, 0.1) is 0 Å². The average Bonchev–Trinajstić information content (AvgIpc) is 3.28. The molecule has 146 valence electrons. The van der Waals surface area contributed by atoms with Gasteiger partial charge in [0, 0.05) is 25.1 Å². The molecule has 1 aliphatic rings. The molecular weight excluding hydrogens is 352 g/mol. The third-order valence-corrected chi connectivity index (χ3v) is 5.20. The quantitative estimate of drug-likeness (QED) is 0.611. The fraction of sp³-hybridized carbons (Fsp3) is 0.391. The Hall–Kier alpha value is -2.66. The maximum Gasteiger partial charge on any atom is 0.254 e. The minimum absolute atomic E-state index is 0.0300. The lowest BCUT2D eigenvalue weighted by Gasteiger charge is -2.30. The number of aromatic nitrogens is 1. The fourth-order valence-electron chi connectivity index (χ4n) is 3.82. The van der Waals surface area contributed by atoms with Crippen LogP contribution < -0.4 is 0 Å². The van der Waals surface area contributed by atoms with E-state index in [1.807, 2.05) is 47.4 Å². The van der Waals surface area contributed by atoms with Crippen molar-refractivity contribution in [2.24, 2.45) is 0 Å². The summed E-state index contributed by atoms with van der Waals surface area (Å²) in [5.74, 6) is 0.694. The lowest BCUT2D eigenvalue weighted by Crippen LogP contribution is -2.40. The predicted molar refractivity (Wildman–Crippen MR) is 109 cm³/mol. The topological polar surface area (TPSA) is 55.6 Å². The third kappa shape index (κ3) is 3.94. The van der Waals surface area contributed by atoms with E-state index in [0.29, 0.717) is 30.1 Å². The van der Waals surface area contributed by atoms with Crippen molar-refractivity contribution in [3.8, 4) is 11.5 Å². The largest absolute Gasteiger partial charge is 0.463 e. The van der Waals surface area contributed by atoms with Crippen LogP contribution in [0.25, 0.3) is 22.4 Å². The van der Waals surface area contributed by atoms with E-state index in [1.54, 1.807) is 6.26 Å².